The maximum atomic E-state index is 10.4. The molecule has 0 bridgehead atoms. The first-order chi connectivity index (χ1) is 5.20. The number of carboxylic acids is 1. The summed E-state index contributed by atoms with van der Waals surface area (Å²) in [6, 6.07) is 0. The van der Waals surface area contributed by atoms with Gasteiger partial charge in [0.1, 0.15) is 0 Å². The molecule has 64 valence electrons. The molecule has 3 heteroatoms. The molecular formula is C8H15NO2. The second-order valence-corrected chi connectivity index (χ2v) is 3.33. The number of hydrogen-bond acceptors (Lipinski definition) is 2. The first-order valence-electron chi connectivity index (χ1n) is 4.12. The van der Waals surface area contributed by atoms with Crippen molar-refractivity contribution in [1.82, 2.24) is 5.32 Å². The summed E-state index contributed by atoms with van der Waals surface area (Å²) in [4.78, 5) is 10.4. The van der Waals surface area contributed by atoms with E-state index in [0.29, 0.717) is 18.3 Å². The quantitative estimate of drug-likeness (QED) is 0.620. The summed E-state index contributed by atoms with van der Waals surface area (Å²) < 4.78 is 0. The molecule has 1 aliphatic heterocycles. The molecule has 1 aliphatic rings. The number of nitrogens with one attached hydrogen (secondary N) is 1. The number of carbonyl (C=O) groups is 1. The second kappa shape index (κ2) is 3.72. The molecule has 1 rings (SSSR count). The SMILES string of the molecule is C[C@@H]1CNCC[C@H]1CC(=O)O. The minimum Gasteiger partial charge on any atom is -0.481 e. The lowest BCUT2D eigenvalue weighted by Crippen LogP contribution is -2.35. The lowest BCUT2D eigenvalue weighted by molar-refractivity contribution is -0.138. The zero-order chi connectivity index (χ0) is 8.27. The number of rotatable bonds is 2. The molecule has 0 aromatic heterocycles. The summed E-state index contributed by atoms with van der Waals surface area (Å²) in [5.41, 5.74) is 0. The Kier molecular flexibility index (Phi) is 2.88. The van der Waals surface area contributed by atoms with Crippen LogP contribution in [0.3, 0.4) is 0 Å². The van der Waals surface area contributed by atoms with E-state index in [4.69, 9.17) is 5.11 Å². The van der Waals surface area contributed by atoms with Crippen molar-refractivity contribution < 1.29 is 9.90 Å². The van der Waals surface area contributed by atoms with Crippen molar-refractivity contribution >= 4 is 5.97 Å². The number of carboxylic acid groups (broad SMARTS) is 1. The van der Waals surface area contributed by atoms with Crippen LogP contribution in [0, 0.1) is 11.8 Å². The number of piperidine rings is 1. The lowest BCUT2D eigenvalue weighted by Gasteiger charge is -2.28. The third-order valence-corrected chi connectivity index (χ3v) is 2.40. The van der Waals surface area contributed by atoms with E-state index in [1.165, 1.54) is 0 Å². The Hall–Kier alpha value is -0.570. The minimum absolute atomic E-state index is 0.336. The van der Waals surface area contributed by atoms with Crippen LogP contribution in [0.4, 0.5) is 0 Å². The predicted molar refractivity (Wildman–Crippen MR) is 42.4 cm³/mol. The molecule has 3 nitrogen and oxygen atoms in total. The molecule has 0 aromatic rings. The summed E-state index contributed by atoms with van der Waals surface area (Å²) in [6.07, 6.45) is 1.34. The normalized spacial score (nSPS) is 31.7. The summed E-state index contributed by atoms with van der Waals surface area (Å²) in [6.45, 7) is 4.06. The van der Waals surface area contributed by atoms with Gasteiger partial charge in [0.2, 0.25) is 0 Å². The van der Waals surface area contributed by atoms with Crippen molar-refractivity contribution in [1.29, 1.82) is 0 Å². The third kappa shape index (κ3) is 2.50. The number of aliphatic carboxylic acids is 1. The van der Waals surface area contributed by atoms with E-state index < -0.39 is 5.97 Å². The third-order valence-electron chi connectivity index (χ3n) is 2.40. The first kappa shape index (κ1) is 8.53. The molecule has 1 fully saturated rings. The average Bonchev–Trinajstić information content (AvgIpc) is 1.93. The average molecular weight is 157 g/mol. The van der Waals surface area contributed by atoms with Crippen molar-refractivity contribution in [2.75, 3.05) is 13.1 Å². The zero-order valence-electron chi connectivity index (χ0n) is 6.84. The summed E-state index contributed by atoms with van der Waals surface area (Å²) in [7, 11) is 0. The molecule has 0 amide bonds. The van der Waals surface area contributed by atoms with Gasteiger partial charge in [0.15, 0.2) is 0 Å². The van der Waals surface area contributed by atoms with Crippen LogP contribution in [0.5, 0.6) is 0 Å². The highest BCUT2D eigenvalue weighted by Gasteiger charge is 2.22. The van der Waals surface area contributed by atoms with Gasteiger partial charge in [0, 0.05) is 6.42 Å². The van der Waals surface area contributed by atoms with E-state index in [1.54, 1.807) is 0 Å². The lowest BCUT2D eigenvalue weighted by atomic mass is 9.85. The Bertz CT molecular complexity index is 147. The maximum absolute atomic E-state index is 10.4. The molecule has 1 saturated heterocycles. The van der Waals surface area contributed by atoms with Crippen LogP contribution >= 0.6 is 0 Å². The molecule has 1 heterocycles. The molecule has 0 unspecified atom stereocenters. The molecule has 0 aromatic carbocycles. The van der Waals surface area contributed by atoms with Gasteiger partial charge in [-0.25, -0.2) is 0 Å². The van der Waals surface area contributed by atoms with Gasteiger partial charge in [-0.3, -0.25) is 4.79 Å². The molecule has 11 heavy (non-hydrogen) atoms. The fraction of sp³-hybridized carbons (Fsp3) is 0.875. The van der Waals surface area contributed by atoms with E-state index in [1.807, 2.05) is 0 Å². The molecule has 2 atom stereocenters. The number of hydrogen-bond donors (Lipinski definition) is 2. The Morgan fingerprint density at radius 2 is 2.45 bits per heavy atom. The molecular weight excluding hydrogens is 142 g/mol. The van der Waals surface area contributed by atoms with Gasteiger partial charge in [-0.05, 0) is 31.3 Å². The van der Waals surface area contributed by atoms with E-state index in [-0.39, 0.29) is 0 Å². The van der Waals surface area contributed by atoms with Gasteiger partial charge in [0.05, 0.1) is 0 Å². The highest BCUT2D eigenvalue weighted by molar-refractivity contribution is 5.67. The molecule has 0 saturated carbocycles. The van der Waals surface area contributed by atoms with Crippen molar-refractivity contribution in [3.05, 3.63) is 0 Å². The molecule has 2 N–H and O–H groups in total. The van der Waals surface area contributed by atoms with Crippen LogP contribution in [0.2, 0.25) is 0 Å². The fourth-order valence-electron chi connectivity index (χ4n) is 1.60. The summed E-state index contributed by atoms with van der Waals surface area (Å²) >= 11 is 0. The molecule has 0 aliphatic carbocycles. The highest BCUT2D eigenvalue weighted by Crippen LogP contribution is 2.21. The first-order valence-corrected chi connectivity index (χ1v) is 4.12. The van der Waals surface area contributed by atoms with E-state index in [2.05, 4.69) is 12.2 Å². The van der Waals surface area contributed by atoms with Crippen LogP contribution in [0.25, 0.3) is 0 Å². The summed E-state index contributed by atoms with van der Waals surface area (Å²) in [5, 5.41) is 11.8. The van der Waals surface area contributed by atoms with E-state index in [0.717, 1.165) is 19.5 Å². The molecule has 0 radical (unpaired) electrons. The van der Waals surface area contributed by atoms with Gasteiger partial charge < -0.3 is 10.4 Å². The largest absolute Gasteiger partial charge is 0.481 e. The van der Waals surface area contributed by atoms with Crippen molar-refractivity contribution in [3.8, 4) is 0 Å². The monoisotopic (exact) mass is 157 g/mol. The fourth-order valence-corrected chi connectivity index (χ4v) is 1.60. The van der Waals surface area contributed by atoms with Gasteiger partial charge in [-0.15, -0.1) is 0 Å². The van der Waals surface area contributed by atoms with Gasteiger partial charge in [0.25, 0.3) is 0 Å². The van der Waals surface area contributed by atoms with E-state index >= 15 is 0 Å². The topological polar surface area (TPSA) is 49.3 Å². The van der Waals surface area contributed by atoms with Gasteiger partial charge in [-0.2, -0.15) is 0 Å². The Morgan fingerprint density at radius 1 is 1.73 bits per heavy atom. The van der Waals surface area contributed by atoms with Crippen molar-refractivity contribution in [2.24, 2.45) is 11.8 Å². The van der Waals surface area contributed by atoms with Crippen LogP contribution in [-0.2, 0) is 4.79 Å². The second-order valence-electron chi connectivity index (χ2n) is 3.33. The minimum atomic E-state index is -0.663. The Balaban J connectivity index is 2.35. The van der Waals surface area contributed by atoms with Gasteiger partial charge >= 0.3 is 5.97 Å². The Labute approximate surface area is 66.8 Å². The zero-order valence-corrected chi connectivity index (χ0v) is 6.84. The predicted octanol–water partition coefficient (Wildman–Crippen LogP) is 0.707. The van der Waals surface area contributed by atoms with Crippen molar-refractivity contribution in [2.45, 2.75) is 19.8 Å². The van der Waals surface area contributed by atoms with E-state index in [9.17, 15) is 4.79 Å². The highest BCUT2D eigenvalue weighted by atomic mass is 16.4. The molecule has 0 spiro atoms. The van der Waals surface area contributed by atoms with Gasteiger partial charge in [-0.1, -0.05) is 6.92 Å². The van der Waals surface area contributed by atoms with Crippen molar-refractivity contribution in [3.63, 3.8) is 0 Å². The smallest absolute Gasteiger partial charge is 0.303 e. The van der Waals surface area contributed by atoms with Crippen LogP contribution in [0.15, 0.2) is 0 Å². The van der Waals surface area contributed by atoms with Crippen LogP contribution < -0.4 is 5.32 Å². The standard InChI is InChI=1S/C8H15NO2/c1-6-5-9-3-2-7(6)4-8(10)11/h6-7,9H,2-5H2,1H3,(H,10,11)/t6-,7+/m1/s1. The Morgan fingerprint density at radius 3 is 3.00 bits per heavy atom. The maximum Gasteiger partial charge on any atom is 0.303 e. The summed E-state index contributed by atoms with van der Waals surface area (Å²) in [5.74, 6) is 0.234. The van der Waals surface area contributed by atoms with Crippen LogP contribution in [0.1, 0.15) is 19.8 Å². The van der Waals surface area contributed by atoms with Crippen LogP contribution in [-0.4, -0.2) is 24.2 Å².